The summed E-state index contributed by atoms with van der Waals surface area (Å²) in [6, 6.07) is 12.1. The molecule has 3 rings (SSSR count). The second kappa shape index (κ2) is 3.49. The lowest BCUT2D eigenvalue weighted by Gasteiger charge is -2.30. The van der Waals surface area contributed by atoms with Gasteiger partial charge in [0.1, 0.15) is 0 Å². The lowest BCUT2D eigenvalue weighted by atomic mass is 10.1. The van der Waals surface area contributed by atoms with Crippen LogP contribution in [0, 0.1) is 5.92 Å². The number of fused-ring (bicyclic) bond motifs is 2. The second-order valence-electron chi connectivity index (χ2n) is 4.73. The molecule has 0 saturated carbocycles. The van der Waals surface area contributed by atoms with Crippen LogP contribution in [0.2, 0.25) is 0 Å². The van der Waals surface area contributed by atoms with Gasteiger partial charge in [0, 0.05) is 18.6 Å². The molecule has 0 N–H and O–H groups in total. The summed E-state index contributed by atoms with van der Waals surface area (Å²) in [6.07, 6.45) is 6.11. The standard InChI is InChI=1S/C14H17N/c1-11(13-5-3-2-4-6-13)15-10-12-7-8-14(15)9-12/h2-8,11-12,14H,9-10H2,1H3/t11-,12?,14-/m0/s1. The summed E-state index contributed by atoms with van der Waals surface area (Å²) in [7, 11) is 0. The molecule has 1 heterocycles. The first kappa shape index (κ1) is 9.17. The number of rotatable bonds is 2. The van der Waals surface area contributed by atoms with Gasteiger partial charge in [0.2, 0.25) is 0 Å². The Balaban J connectivity index is 1.81. The van der Waals surface area contributed by atoms with Crippen LogP contribution in [0.15, 0.2) is 42.5 Å². The molecule has 78 valence electrons. The molecule has 2 bridgehead atoms. The summed E-state index contributed by atoms with van der Waals surface area (Å²) < 4.78 is 0. The summed E-state index contributed by atoms with van der Waals surface area (Å²) in [5, 5.41) is 0. The number of hydrogen-bond acceptors (Lipinski definition) is 1. The highest BCUT2D eigenvalue weighted by Gasteiger charge is 2.36. The minimum absolute atomic E-state index is 0.561. The van der Waals surface area contributed by atoms with E-state index in [4.69, 9.17) is 0 Å². The van der Waals surface area contributed by atoms with Crippen LogP contribution < -0.4 is 0 Å². The maximum atomic E-state index is 2.62. The molecule has 0 spiro atoms. The molecule has 1 heteroatoms. The molecule has 1 aliphatic carbocycles. The predicted octanol–water partition coefficient (Wildman–Crippen LogP) is 3.01. The Morgan fingerprint density at radius 2 is 2.00 bits per heavy atom. The van der Waals surface area contributed by atoms with Crippen LogP contribution in [0.25, 0.3) is 0 Å². The van der Waals surface area contributed by atoms with Gasteiger partial charge in [-0.25, -0.2) is 0 Å². The molecule has 0 amide bonds. The maximum absolute atomic E-state index is 2.62. The topological polar surface area (TPSA) is 3.24 Å². The highest BCUT2D eigenvalue weighted by atomic mass is 15.2. The van der Waals surface area contributed by atoms with E-state index in [2.05, 4.69) is 54.3 Å². The number of hydrogen-bond donors (Lipinski definition) is 0. The van der Waals surface area contributed by atoms with E-state index < -0.39 is 0 Å². The average molecular weight is 199 g/mol. The van der Waals surface area contributed by atoms with E-state index >= 15 is 0 Å². The van der Waals surface area contributed by atoms with Crippen molar-refractivity contribution in [1.29, 1.82) is 0 Å². The Bertz CT molecular complexity index is 368. The zero-order valence-electron chi connectivity index (χ0n) is 9.13. The summed E-state index contributed by atoms with van der Waals surface area (Å²) in [6.45, 7) is 3.57. The van der Waals surface area contributed by atoms with E-state index in [0.29, 0.717) is 12.1 Å². The molecule has 1 nitrogen and oxygen atoms in total. The van der Waals surface area contributed by atoms with E-state index in [0.717, 1.165) is 5.92 Å². The first-order valence-corrected chi connectivity index (χ1v) is 5.83. The Kier molecular flexibility index (Phi) is 2.14. The second-order valence-corrected chi connectivity index (χ2v) is 4.73. The SMILES string of the molecule is C[C@@H](c1ccccc1)N1CC2C=C[C@H]1C2. The van der Waals surface area contributed by atoms with Gasteiger partial charge in [-0.1, -0.05) is 42.5 Å². The van der Waals surface area contributed by atoms with Gasteiger partial charge in [-0.2, -0.15) is 0 Å². The quantitative estimate of drug-likeness (QED) is 0.662. The molecule has 1 unspecified atom stereocenters. The monoisotopic (exact) mass is 199 g/mol. The first-order valence-electron chi connectivity index (χ1n) is 5.83. The molecule has 1 aromatic rings. The normalized spacial score (nSPS) is 31.0. The molecule has 0 radical (unpaired) electrons. The first-order chi connectivity index (χ1) is 7.34. The molecule has 15 heavy (non-hydrogen) atoms. The van der Waals surface area contributed by atoms with Crippen LogP contribution >= 0.6 is 0 Å². The van der Waals surface area contributed by atoms with Crippen LogP contribution in [-0.2, 0) is 0 Å². The van der Waals surface area contributed by atoms with E-state index in [-0.39, 0.29) is 0 Å². The third kappa shape index (κ3) is 1.51. The molecular formula is C14H17N. The van der Waals surface area contributed by atoms with E-state index in [1.165, 1.54) is 18.5 Å². The van der Waals surface area contributed by atoms with Gasteiger partial charge >= 0.3 is 0 Å². The van der Waals surface area contributed by atoms with Crippen molar-refractivity contribution >= 4 is 0 Å². The lowest BCUT2D eigenvalue weighted by Crippen LogP contribution is -2.32. The predicted molar refractivity (Wildman–Crippen MR) is 62.6 cm³/mol. The Morgan fingerprint density at radius 1 is 1.20 bits per heavy atom. The van der Waals surface area contributed by atoms with Crippen LogP contribution in [0.3, 0.4) is 0 Å². The van der Waals surface area contributed by atoms with Gasteiger partial charge in [0.05, 0.1) is 0 Å². The number of likely N-dealkylation sites (tertiary alicyclic amines) is 1. The van der Waals surface area contributed by atoms with Crippen molar-refractivity contribution in [2.45, 2.75) is 25.4 Å². The molecular weight excluding hydrogens is 182 g/mol. The van der Waals surface area contributed by atoms with Crippen molar-refractivity contribution in [3.63, 3.8) is 0 Å². The van der Waals surface area contributed by atoms with Gasteiger partial charge in [-0.05, 0) is 24.8 Å². The molecule has 1 aromatic carbocycles. The summed E-state index contributed by atoms with van der Waals surface area (Å²) in [5.74, 6) is 0.821. The van der Waals surface area contributed by atoms with Crippen LogP contribution in [-0.4, -0.2) is 17.5 Å². The van der Waals surface area contributed by atoms with Crippen molar-refractivity contribution in [3.8, 4) is 0 Å². The largest absolute Gasteiger partial charge is 0.290 e. The summed E-state index contributed by atoms with van der Waals surface area (Å²) in [4.78, 5) is 2.62. The smallest absolute Gasteiger partial charge is 0.0326 e. The molecule has 0 aromatic heterocycles. The zero-order valence-corrected chi connectivity index (χ0v) is 9.13. The molecule has 3 atom stereocenters. The fourth-order valence-corrected chi connectivity index (χ4v) is 2.91. The highest BCUT2D eigenvalue weighted by molar-refractivity contribution is 5.22. The Morgan fingerprint density at radius 3 is 2.60 bits per heavy atom. The van der Waals surface area contributed by atoms with Crippen molar-refractivity contribution in [3.05, 3.63) is 48.0 Å². The van der Waals surface area contributed by atoms with Crippen molar-refractivity contribution in [2.24, 2.45) is 5.92 Å². The summed E-state index contributed by atoms with van der Waals surface area (Å²) in [5.41, 5.74) is 1.44. The van der Waals surface area contributed by atoms with Gasteiger partial charge in [-0.15, -0.1) is 0 Å². The third-order valence-corrected chi connectivity index (χ3v) is 3.80. The zero-order chi connectivity index (χ0) is 10.3. The molecule has 1 fully saturated rings. The van der Waals surface area contributed by atoms with Crippen molar-refractivity contribution in [1.82, 2.24) is 4.90 Å². The fraction of sp³-hybridized carbons (Fsp3) is 0.429. The fourth-order valence-electron chi connectivity index (χ4n) is 2.91. The average Bonchev–Trinajstić information content (AvgIpc) is 2.91. The van der Waals surface area contributed by atoms with Gasteiger partial charge in [0.15, 0.2) is 0 Å². The minimum atomic E-state index is 0.561. The Labute approximate surface area is 91.4 Å². The molecule has 1 aliphatic heterocycles. The summed E-state index contributed by atoms with van der Waals surface area (Å²) >= 11 is 0. The van der Waals surface area contributed by atoms with Gasteiger partial charge < -0.3 is 0 Å². The minimum Gasteiger partial charge on any atom is -0.290 e. The van der Waals surface area contributed by atoms with Crippen molar-refractivity contribution in [2.75, 3.05) is 6.54 Å². The van der Waals surface area contributed by atoms with E-state index in [1.807, 2.05) is 0 Å². The van der Waals surface area contributed by atoms with E-state index in [1.54, 1.807) is 0 Å². The number of nitrogens with zero attached hydrogens (tertiary/aromatic N) is 1. The third-order valence-electron chi connectivity index (χ3n) is 3.80. The molecule has 1 saturated heterocycles. The van der Waals surface area contributed by atoms with Gasteiger partial charge in [0.25, 0.3) is 0 Å². The highest BCUT2D eigenvalue weighted by Crippen LogP contribution is 2.37. The van der Waals surface area contributed by atoms with Crippen LogP contribution in [0.5, 0.6) is 0 Å². The molecule has 2 aliphatic rings. The van der Waals surface area contributed by atoms with Gasteiger partial charge in [-0.3, -0.25) is 4.90 Å². The lowest BCUT2D eigenvalue weighted by molar-refractivity contribution is 0.213. The van der Waals surface area contributed by atoms with Crippen LogP contribution in [0.1, 0.15) is 24.9 Å². The Hall–Kier alpha value is -1.08. The van der Waals surface area contributed by atoms with Crippen LogP contribution in [0.4, 0.5) is 0 Å². The number of benzene rings is 1. The van der Waals surface area contributed by atoms with E-state index in [9.17, 15) is 0 Å². The maximum Gasteiger partial charge on any atom is 0.0326 e. The van der Waals surface area contributed by atoms with Crippen molar-refractivity contribution < 1.29 is 0 Å².